The van der Waals surface area contributed by atoms with E-state index in [1.807, 2.05) is 0 Å². The van der Waals surface area contributed by atoms with E-state index < -0.39 is 11.4 Å². The molecule has 1 aromatic heterocycles. The fourth-order valence-electron chi connectivity index (χ4n) is 3.07. The third kappa shape index (κ3) is 2.22. The van der Waals surface area contributed by atoms with Crippen molar-refractivity contribution >= 4 is 28.1 Å². The number of nitrogen functional groups attached to an aromatic ring is 1. The summed E-state index contributed by atoms with van der Waals surface area (Å²) in [4.78, 5) is 24.4. The van der Waals surface area contributed by atoms with Crippen LogP contribution in [-0.4, -0.2) is 16.9 Å². The van der Waals surface area contributed by atoms with E-state index in [4.69, 9.17) is 5.73 Å². The molecule has 5 nitrogen and oxygen atoms in total. The maximum atomic E-state index is 12.7. The van der Waals surface area contributed by atoms with Gasteiger partial charge in [0.25, 0.3) is 0 Å². The van der Waals surface area contributed by atoms with E-state index in [1.54, 1.807) is 0 Å². The maximum Gasteiger partial charge on any atom is 0.338 e. The van der Waals surface area contributed by atoms with Crippen LogP contribution in [-0.2, 0) is 6.42 Å². The number of aromatic carboxylic acids is 1. The molecule has 0 amide bonds. The average Bonchev–Trinajstić information content (AvgIpc) is 3.20. The van der Waals surface area contributed by atoms with Gasteiger partial charge in [0.05, 0.1) is 16.5 Å². The highest BCUT2D eigenvalue weighted by molar-refractivity contribution is 7.18. The van der Waals surface area contributed by atoms with Gasteiger partial charge in [0.2, 0.25) is 0 Å². The van der Waals surface area contributed by atoms with Crippen LogP contribution in [0.15, 0.2) is 0 Å². The van der Waals surface area contributed by atoms with Crippen LogP contribution in [0.25, 0.3) is 0 Å². The molecule has 0 bridgehead atoms. The molecule has 0 radical (unpaired) electrons. The van der Waals surface area contributed by atoms with Gasteiger partial charge in [0.15, 0.2) is 5.78 Å². The topological polar surface area (TPSA) is 104 Å². The number of Topliss-reactive ketones (excluding diaryl/α,β-unsaturated/α-hetero) is 1. The Hall–Kier alpha value is -1.87. The van der Waals surface area contributed by atoms with Gasteiger partial charge >= 0.3 is 5.97 Å². The average molecular weight is 304 g/mol. The van der Waals surface area contributed by atoms with Crippen LogP contribution < -0.4 is 5.73 Å². The molecule has 1 fully saturated rings. The number of nitrogens with two attached hydrogens (primary N) is 1. The molecule has 1 saturated carbocycles. The van der Waals surface area contributed by atoms with Gasteiger partial charge in [0, 0.05) is 0 Å². The van der Waals surface area contributed by atoms with Gasteiger partial charge in [-0.2, -0.15) is 5.26 Å². The number of carboxylic acids is 1. The van der Waals surface area contributed by atoms with Gasteiger partial charge in [-0.3, -0.25) is 4.79 Å². The summed E-state index contributed by atoms with van der Waals surface area (Å²) in [5.41, 5.74) is 5.34. The Morgan fingerprint density at radius 1 is 1.52 bits per heavy atom. The molecule has 110 valence electrons. The summed E-state index contributed by atoms with van der Waals surface area (Å²) < 4.78 is 0. The number of nitriles is 1. The first kappa shape index (κ1) is 14.1. The maximum absolute atomic E-state index is 12.7. The predicted octanol–water partition coefficient (Wildman–Crippen LogP) is 2.86. The molecule has 0 spiro atoms. The van der Waals surface area contributed by atoms with Crippen LogP contribution >= 0.6 is 11.3 Å². The SMILES string of the molecule is N#CC1(CCC2CC2)CCc2c(sc(N)c2C(=O)O)C1=O. The molecule has 2 aliphatic carbocycles. The van der Waals surface area contributed by atoms with Crippen molar-refractivity contribution in [1.29, 1.82) is 5.26 Å². The standard InChI is InChI=1S/C15H16N2O3S/c16-7-15(5-3-8-1-2-8)6-4-9-10(14(19)20)13(17)21-11(9)12(15)18/h8H,1-6,17H2,(H,19,20). The first-order valence-electron chi connectivity index (χ1n) is 7.09. The van der Waals surface area contributed by atoms with Crippen molar-refractivity contribution < 1.29 is 14.7 Å². The van der Waals surface area contributed by atoms with E-state index in [0.717, 1.165) is 17.8 Å². The fourth-order valence-corrected chi connectivity index (χ4v) is 4.22. The van der Waals surface area contributed by atoms with Gasteiger partial charge in [-0.15, -0.1) is 11.3 Å². The summed E-state index contributed by atoms with van der Waals surface area (Å²) >= 11 is 1.02. The highest BCUT2D eigenvalue weighted by Gasteiger charge is 2.46. The summed E-state index contributed by atoms with van der Waals surface area (Å²) in [7, 11) is 0. The Morgan fingerprint density at radius 3 is 2.81 bits per heavy atom. The van der Waals surface area contributed by atoms with Crippen molar-refractivity contribution in [3.8, 4) is 6.07 Å². The van der Waals surface area contributed by atoms with E-state index in [1.165, 1.54) is 12.8 Å². The van der Waals surface area contributed by atoms with E-state index in [-0.39, 0.29) is 16.3 Å². The van der Waals surface area contributed by atoms with Crippen molar-refractivity contribution in [3.05, 3.63) is 16.0 Å². The van der Waals surface area contributed by atoms with E-state index in [0.29, 0.717) is 35.6 Å². The molecule has 21 heavy (non-hydrogen) atoms. The second-order valence-electron chi connectivity index (χ2n) is 5.96. The van der Waals surface area contributed by atoms with Crippen LogP contribution in [0.2, 0.25) is 0 Å². The lowest BCUT2D eigenvalue weighted by Crippen LogP contribution is -2.34. The molecule has 1 atom stereocenters. The molecule has 1 unspecified atom stereocenters. The fraction of sp³-hybridized carbons (Fsp3) is 0.533. The van der Waals surface area contributed by atoms with Crippen LogP contribution in [0, 0.1) is 22.7 Å². The Morgan fingerprint density at radius 2 is 2.24 bits per heavy atom. The van der Waals surface area contributed by atoms with Gasteiger partial charge in [-0.25, -0.2) is 4.79 Å². The molecule has 3 rings (SSSR count). The quantitative estimate of drug-likeness (QED) is 0.890. The summed E-state index contributed by atoms with van der Waals surface area (Å²) in [5.74, 6) is -0.663. The minimum atomic E-state index is -1.10. The van der Waals surface area contributed by atoms with Gasteiger partial charge in [-0.1, -0.05) is 12.8 Å². The number of carbonyl (C=O) groups is 2. The number of hydrogen-bond acceptors (Lipinski definition) is 5. The second kappa shape index (κ2) is 4.85. The Balaban J connectivity index is 1.96. The van der Waals surface area contributed by atoms with Crippen molar-refractivity contribution in [2.75, 3.05) is 5.73 Å². The van der Waals surface area contributed by atoms with E-state index >= 15 is 0 Å². The zero-order valence-corrected chi connectivity index (χ0v) is 12.3. The normalized spacial score (nSPS) is 24.4. The molecule has 0 saturated heterocycles. The second-order valence-corrected chi connectivity index (χ2v) is 7.01. The Labute approximate surface area is 126 Å². The molecule has 3 N–H and O–H groups in total. The zero-order valence-electron chi connectivity index (χ0n) is 11.5. The highest BCUT2D eigenvalue weighted by atomic mass is 32.1. The third-order valence-electron chi connectivity index (χ3n) is 4.58. The lowest BCUT2D eigenvalue weighted by atomic mass is 9.70. The summed E-state index contributed by atoms with van der Waals surface area (Å²) in [6.07, 6.45) is 4.70. The Bertz CT molecular complexity index is 669. The van der Waals surface area contributed by atoms with E-state index in [9.17, 15) is 20.0 Å². The van der Waals surface area contributed by atoms with Gasteiger partial charge in [-0.05, 0) is 37.2 Å². The predicted molar refractivity (Wildman–Crippen MR) is 78.3 cm³/mol. The number of carbonyl (C=O) groups excluding carboxylic acids is 1. The minimum absolute atomic E-state index is 0.0529. The third-order valence-corrected chi connectivity index (χ3v) is 5.64. The number of carboxylic acid groups (broad SMARTS) is 1. The number of thiophene rings is 1. The zero-order chi connectivity index (χ0) is 15.2. The monoisotopic (exact) mass is 304 g/mol. The van der Waals surface area contributed by atoms with Crippen LogP contribution in [0.1, 0.15) is 57.7 Å². The molecule has 0 aliphatic heterocycles. The minimum Gasteiger partial charge on any atom is -0.478 e. The summed E-state index contributed by atoms with van der Waals surface area (Å²) in [6, 6.07) is 2.22. The van der Waals surface area contributed by atoms with Crippen LogP contribution in [0.3, 0.4) is 0 Å². The van der Waals surface area contributed by atoms with Gasteiger partial charge in [0.1, 0.15) is 10.4 Å². The number of ketones is 1. The van der Waals surface area contributed by atoms with Gasteiger partial charge < -0.3 is 10.8 Å². The van der Waals surface area contributed by atoms with Crippen LogP contribution in [0.4, 0.5) is 5.00 Å². The molecular weight excluding hydrogens is 288 g/mol. The summed E-state index contributed by atoms with van der Waals surface area (Å²) in [5, 5.41) is 18.9. The molecule has 6 heteroatoms. The number of anilines is 1. The van der Waals surface area contributed by atoms with Crippen LogP contribution in [0.5, 0.6) is 0 Å². The largest absolute Gasteiger partial charge is 0.478 e. The van der Waals surface area contributed by atoms with Crippen molar-refractivity contribution in [2.24, 2.45) is 11.3 Å². The Kier molecular flexibility index (Phi) is 3.25. The summed E-state index contributed by atoms with van der Waals surface area (Å²) in [6.45, 7) is 0. The molecule has 2 aliphatic rings. The lowest BCUT2D eigenvalue weighted by Gasteiger charge is -2.29. The van der Waals surface area contributed by atoms with Crippen molar-refractivity contribution in [1.82, 2.24) is 0 Å². The molecule has 1 aromatic rings. The highest BCUT2D eigenvalue weighted by Crippen LogP contribution is 2.47. The first-order chi connectivity index (χ1) is 9.98. The number of fused-ring (bicyclic) bond motifs is 1. The lowest BCUT2D eigenvalue weighted by molar-refractivity contribution is 0.0697. The number of rotatable bonds is 4. The smallest absolute Gasteiger partial charge is 0.338 e. The number of hydrogen-bond donors (Lipinski definition) is 2. The number of nitrogens with zero attached hydrogens (tertiary/aromatic N) is 1. The molecule has 1 heterocycles. The van der Waals surface area contributed by atoms with E-state index in [2.05, 4.69) is 6.07 Å². The van der Waals surface area contributed by atoms with Crippen molar-refractivity contribution in [2.45, 2.75) is 38.5 Å². The van der Waals surface area contributed by atoms with Crippen molar-refractivity contribution in [3.63, 3.8) is 0 Å². The molecular formula is C15H16N2O3S. The first-order valence-corrected chi connectivity index (χ1v) is 7.90. The molecule has 0 aromatic carbocycles.